The fourth-order valence-electron chi connectivity index (χ4n) is 5.60. The Kier molecular flexibility index (Phi) is 4.78. The summed E-state index contributed by atoms with van der Waals surface area (Å²) in [4.78, 5) is 39.9. The number of benzene rings is 1. The van der Waals surface area contributed by atoms with Crippen LogP contribution in [0.2, 0.25) is 0 Å². The Morgan fingerprint density at radius 2 is 1.73 bits per heavy atom. The number of hydrogen-bond donors (Lipinski definition) is 7. The van der Waals surface area contributed by atoms with Gasteiger partial charge in [0, 0.05) is 0 Å². The van der Waals surface area contributed by atoms with Gasteiger partial charge in [0.05, 0.1) is 40.7 Å². The molecule has 3 aliphatic carbocycles. The number of aliphatic hydroxyl groups is 5. The van der Waals surface area contributed by atoms with Crippen molar-refractivity contribution in [2.75, 3.05) is 14.1 Å². The van der Waals surface area contributed by atoms with Crippen LogP contribution in [0.25, 0.3) is 5.76 Å². The molecule has 0 aliphatic heterocycles. The van der Waals surface area contributed by atoms with E-state index in [1.54, 1.807) is 0 Å². The number of phenols is 1. The zero-order chi connectivity index (χ0) is 24.8. The number of carbonyl (C=O) groups is 3. The lowest BCUT2D eigenvalue weighted by Gasteiger charge is -2.55. The molecule has 0 bridgehead atoms. The minimum absolute atomic E-state index is 0.00664. The summed E-state index contributed by atoms with van der Waals surface area (Å²) in [7, 11) is 2.80. The molecule has 0 aromatic heterocycles. The van der Waals surface area contributed by atoms with Crippen LogP contribution in [0.3, 0.4) is 0 Å². The first kappa shape index (κ1) is 22.9. The highest BCUT2D eigenvalue weighted by atomic mass is 16.4. The molecule has 11 nitrogen and oxygen atoms in total. The zero-order valence-corrected chi connectivity index (χ0v) is 18.0. The van der Waals surface area contributed by atoms with Crippen molar-refractivity contribution < 1.29 is 45.0 Å². The molecule has 4 rings (SSSR count). The van der Waals surface area contributed by atoms with Gasteiger partial charge in [-0.15, -0.1) is 0 Å². The molecule has 6 atom stereocenters. The Morgan fingerprint density at radius 1 is 1.12 bits per heavy atom. The highest BCUT2D eigenvalue weighted by Gasteiger charge is 2.70. The van der Waals surface area contributed by atoms with Crippen LogP contribution in [0.1, 0.15) is 18.1 Å². The number of carbonyl (C=O) groups excluding carboxylic acids is 3. The number of amides is 1. The summed E-state index contributed by atoms with van der Waals surface area (Å²) in [6, 6.07) is 2.50. The predicted octanol–water partition coefficient (Wildman–Crippen LogP) is -1.40. The summed E-state index contributed by atoms with van der Waals surface area (Å²) in [5.74, 6) is -9.67. The minimum Gasteiger partial charge on any atom is -0.508 e. The molecule has 176 valence electrons. The lowest BCUT2D eigenvalue weighted by atomic mass is 9.53. The number of rotatable bonds is 2. The van der Waals surface area contributed by atoms with Gasteiger partial charge in [-0.25, -0.2) is 0 Å². The van der Waals surface area contributed by atoms with E-state index in [-0.39, 0.29) is 11.1 Å². The van der Waals surface area contributed by atoms with Crippen molar-refractivity contribution in [2.24, 2.45) is 17.6 Å². The number of likely N-dealkylation sites (N-methyl/N-ethyl adjacent to an activating group) is 1. The average molecular weight is 460 g/mol. The van der Waals surface area contributed by atoms with E-state index in [0.29, 0.717) is 0 Å². The van der Waals surface area contributed by atoms with Crippen LogP contribution >= 0.6 is 0 Å². The van der Waals surface area contributed by atoms with Crippen LogP contribution in [-0.2, 0) is 20.0 Å². The summed E-state index contributed by atoms with van der Waals surface area (Å²) >= 11 is 0. The van der Waals surface area contributed by atoms with E-state index in [9.17, 15) is 45.0 Å². The third-order valence-electron chi connectivity index (χ3n) is 7.03. The molecule has 1 saturated carbocycles. The first-order chi connectivity index (χ1) is 15.2. The molecular weight excluding hydrogens is 436 g/mol. The molecule has 0 spiro atoms. The Morgan fingerprint density at radius 3 is 2.27 bits per heavy atom. The molecule has 0 radical (unpaired) electrons. The van der Waals surface area contributed by atoms with Gasteiger partial charge in [0.15, 0.2) is 11.4 Å². The molecule has 1 aromatic rings. The molecule has 1 aromatic carbocycles. The molecule has 0 saturated heterocycles. The van der Waals surface area contributed by atoms with Gasteiger partial charge in [-0.2, -0.15) is 0 Å². The normalized spacial score (nSPS) is 36.0. The van der Waals surface area contributed by atoms with E-state index in [1.165, 1.54) is 44.1 Å². The van der Waals surface area contributed by atoms with Gasteiger partial charge in [-0.3, -0.25) is 19.3 Å². The van der Waals surface area contributed by atoms with Crippen LogP contribution in [0.4, 0.5) is 0 Å². The fourth-order valence-corrected chi connectivity index (χ4v) is 5.60. The molecule has 1 amide bonds. The van der Waals surface area contributed by atoms with Gasteiger partial charge in [0.2, 0.25) is 5.78 Å². The van der Waals surface area contributed by atoms with Crippen molar-refractivity contribution in [1.82, 2.24) is 4.90 Å². The van der Waals surface area contributed by atoms with Crippen molar-refractivity contribution in [3.05, 3.63) is 46.2 Å². The lowest BCUT2D eigenvalue weighted by Crippen LogP contribution is -2.71. The number of aliphatic hydroxyl groups excluding tert-OH is 3. The van der Waals surface area contributed by atoms with Gasteiger partial charge < -0.3 is 36.4 Å². The quantitative estimate of drug-likeness (QED) is 0.257. The van der Waals surface area contributed by atoms with Gasteiger partial charge in [-0.1, -0.05) is 12.1 Å². The van der Waals surface area contributed by atoms with Crippen LogP contribution in [-0.4, -0.2) is 84.9 Å². The van der Waals surface area contributed by atoms with Gasteiger partial charge in [-0.05, 0) is 32.6 Å². The van der Waals surface area contributed by atoms with Crippen LogP contribution in [0, 0.1) is 11.8 Å². The number of primary amides is 1. The Labute approximate surface area is 187 Å². The minimum atomic E-state index is -3.02. The lowest BCUT2D eigenvalue weighted by molar-refractivity contribution is -0.181. The van der Waals surface area contributed by atoms with Crippen LogP contribution in [0.5, 0.6) is 5.75 Å². The molecule has 0 heterocycles. The summed E-state index contributed by atoms with van der Waals surface area (Å²) in [5, 5.41) is 66.3. The second kappa shape index (κ2) is 6.87. The molecule has 33 heavy (non-hydrogen) atoms. The number of Topliss-reactive ketones (excluding diaryl/α,β-unsaturated/α-hetero) is 2. The van der Waals surface area contributed by atoms with E-state index < -0.39 is 81.1 Å². The Balaban J connectivity index is 2.11. The Hall–Kier alpha value is -3.25. The van der Waals surface area contributed by atoms with Gasteiger partial charge >= 0.3 is 0 Å². The van der Waals surface area contributed by atoms with Crippen molar-refractivity contribution >= 4 is 23.2 Å². The fraction of sp³-hybridized carbons (Fsp3) is 0.409. The van der Waals surface area contributed by atoms with E-state index in [4.69, 9.17) is 5.73 Å². The number of hydrogen-bond acceptors (Lipinski definition) is 10. The zero-order valence-electron chi connectivity index (χ0n) is 18.0. The summed E-state index contributed by atoms with van der Waals surface area (Å²) in [5.41, 5.74) is -1.78. The first-order valence-electron chi connectivity index (χ1n) is 10.1. The van der Waals surface area contributed by atoms with E-state index >= 15 is 0 Å². The number of nitrogens with zero attached hydrogens (tertiary/aromatic N) is 1. The predicted molar refractivity (Wildman–Crippen MR) is 112 cm³/mol. The smallest absolute Gasteiger partial charge is 0.255 e. The maximum absolute atomic E-state index is 13.7. The second-order valence-electron chi connectivity index (χ2n) is 9.06. The van der Waals surface area contributed by atoms with Gasteiger partial charge in [0.25, 0.3) is 5.91 Å². The van der Waals surface area contributed by atoms with Gasteiger partial charge in [0.1, 0.15) is 22.8 Å². The molecule has 2 unspecified atom stereocenters. The SMILES string of the molecule is CN(C)[C@H]1C(=O)C(C(N)=O)=C(O)[C@@]2(O)C(=O)C3=C(O)c4c(O)cccc4[C@@](C)(O)C3[C@H](O)C12. The largest absolute Gasteiger partial charge is 0.508 e. The molecule has 8 N–H and O–H groups in total. The summed E-state index contributed by atoms with van der Waals surface area (Å²) in [6.45, 7) is 1.25. The topological polar surface area (TPSA) is 202 Å². The maximum Gasteiger partial charge on any atom is 0.255 e. The third-order valence-corrected chi connectivity index (χ3v) is 7.03. The van der Waals surface area contributed by atoms with Crippen molar-refractivity contribution in [3.8, 4) is 5.75 Å². The number of phenolic OH excluding ortho intramolecular Hbond substituents is 1. The average Bonchev–Trinajstić information content (AvgIpc) is 2.70. The molecule has 1 fully saturated rings. The standard InChI is InChI=1S/C22H24N2O9/c1-21(32)7-5-4-6-8(25)9(7)15(26)10-12(21)17(28)13-14(24(2)3)16(27)11(20(23)31)19(30)22(13,33)18(10)29/h4-6,12-14,17,25-26,28,30,32-33H,1-3H3,(H2,23,31)/t12?,13?,14-,17+,21-,22+/m1/s1. The maximum atomic E-state index is 13.7. The van der Waals surface area contributed by atoms with E-state index in [1.807, 2.05) is 0 Å². The number of fused-ring (bicyclic) bond motifs is 3. The van der Waals surface area contributed by atoms with E-state index in [2.05, 4.69) is 0 Å². The second-order valence-corrected chi connectivity index (χ2v) is 9.06. The molecular formula is C22H24N2O9. The number of ketones is 2. The Bertz CT molecular complexity index is 1180. The van der Waals surface area contributed by atoms with Crippen molar-refractivity contribution in [1.29, 1.82) is 0 Å². The number of aromatic hydroxyl groups is 1. The van der Waals surface area contributed by atoms with Crippen LogP contribution < -0.4 is 5.73 Å². The summed E-state index contributed by atoms with van der Waals surface area (Å²) < 4.78 is 0. The third kappa shape index (κ3) is 2.61. The van der Waals surface area contributed by atoms with Crippen LogP contribution in [0.15, 0.2) is 35.1 Å². The monoisotopic (exact) mass is 460 g/mol. The summed E-state index contributed by atoms with van der Waals surface area (Å²) in [6.07, 6.45) is -1.87. The first-order valence-corrected chi connectivity index (χ1v) is 10.1. The van der Waals surface area contributed by atoms with Crippen molar-refractivity contribution in [2.45, 2.75) is 30.3 Å². The van der Waals surface area contributed by atoms with Crippen molar-refractivity contribution in [3.63, 3.8) is 0 Å². The van der Waals surface area contributed by atoms with E-state index in [0.717, 1.165) is 0 Å². The number of nitrogens with two attached hydrogens (primary N) is 1. The highest BCUT2D eigenvalue weighted by Crippen LogP contribution is 2.57. The molecule has 3 aliphatic rings. The highest BCUT2D eigenvalue weighted by molar-refractivity contribution is 6.24. The molecule has 11 heteroatoms.